The maximum Gasteiger partial charge on any atom is 0.342 e. The first-order valence-electron chi connectivity index (χ1n) is 14.2. The summed E-state index contributed by atoms with van der Waals surface area (Å²) in [4.78, 5) is 42.0. The Morgan fingerprint density at radius 3 is 2.65 bits per heavy atom. The minimum absolute atomic E-state index is 0.0986. The van der Waals surface area contributed by atoms with Crippen molar-refractivity contribution in [3.8, 4) is 11.5 Å². The number of aromatic nitrogens is 2. The van der Waals surface area contributed by atoms with Crippen LogP contribution in [-0.2, 0) is 16.0 Å². The van der Waals surface area contributed by atoms with Gasteiger partial charge in [0.1, 0.15) is 30.0 Å². The lowest BCUT2D eigenvalue weighted by molar-refractivity contribution is -0.136. The van der Waals surface area contributed by atoms with E-state index in [0.29, 0.717) is 42.3 Å². The van der Waals surface area contributed by atoms with Crippen molar-refractivity contribution in [2.45, 2.75) is 44.8 Å². The molecule has 1 fully saturated rings. The van der Waals surface area contributed by atoms with E-state index < -0.39 is 23.6 Å². The van der Waals surface area contributed by atoms with Crippen molar-refractivity contribution >= 4 is 23.5 Å². The normalized spacial score (nSPS) is 17.6. The van der Waals surface area contributed by atoms with Gasteiger partial charge in [-0.1, -0.05) is 12.1 Å². The van der Waals surface area contributed by atoms with Gasteiger partial charge in [-0.2, -0.15) is 9.78 Å². The van der Waals surface area contributed by atoms with Gasteiger partial charge in [-0.25, -0.2) is 9.18 Å². The van der Waals surface area contributed by atoms with E-state index in [2.05, 4.69) is 10.4 Å². The van der Waals surface area contributed by atoms with Crippen LogP contribution < -0.4 is 19.7 Å². The molecule has 11 nitrogen and oxygen atoms in total. The van der Waals surface area contributed by atoms with Crippen LogP contribution in [0.5, 0.6) is 11.5 Å². The Labute approximate surface area is 249 Å². The van der Waals surface area contributed by atoms with Crippen LogP contribution in [0.15, 0.2) is 54.9 Å². The Balaban J connectivity index is 1.16. The second-order valence-electron chi connectivity index (χ2n) is 11.5. The van der Waals surface area contributed by atoms with Crippen LogP contribution >= 0.6 is 0 Å². The minimum atomic E-state index is -0.987. The molecule has 0 saturated carbocycles. The highest BCUT2D eigenvalue weighted by Crippen LogP contribution is 2.34. The third kappa shape index (κ3) is 7.14. The van der Waals surface area contributed by atoms with E-state index in [1.165, 1.54) is 29.4 Å². The summed E-state index contributed by atoms with van der Waals surface area (Å²) in [7, 11) is 1.57. The Hall–Kier alpha value is -4.45. The molecule has 0 aliphatic carbocycles. The average molecular weight is 594 g/mol. The van der Waals surface area contributed by atoms with Crippen molar-refractivity contribution in [2.24, 2.45) is 5.92 Å². The predicted molar refractivity (Wildman–Crippen MR) is 156 cm³/mol. The molecule has 5 rings (SSSR count). The summed E-state index contributed by atoms with van der Waals surface area (Å²) in [5.41, 5.74) is 1.12. The monoisotopic (exact) mass is 593 g/mol. The third-order valence-corrected chi connectivity index (χ3v) is 7.97. The van der Waals surface area contributed by atoms with E-state index in [0.717, 1.165) is 23.1 Å². The number of nitrogens with zero attached hydrogens (tertiary/aromatic N) is 4. The maximum absolute atomic E-state index is 13.5. The zero-order valence-electron chi connectivity index (χ0n) is 24.5. The number of nitrogens with one attached hydrogen (secondary N) is 1. The van der Waals surface area contributed by atoms with Crippen LogP contribution in [0.4, 0.5) is 14.9 Å². The second-order valence-corrected chi connectivity index (χ2v) is 11.5. The number of carbonyl (C=O) groups is 3. The molecule has 1 aromatic heterocycles. The largest absolute Gasteiger partial charge is 0.489 e. The number of rotatable bonds is 7. The van der Waals surface area contributed by atoms with Gasteiger partial charge in [0.25, 0.3) is 11.8 Å². The SMILES string of the molecule is CN1C(=O)[C@@H](NC(=O)n2cc(Cc3cccc(F)c3)cn2)COc2ccc(OCC(=O)N3CCC(C(C)(C)O)CC3)cc21. The molecule has 3 heterocycles. The second kappa shape index (κ2) is 12.4. The van der Waals surface area contributed by atoms with E-state index in [4.69, 9.17) is 9.47 Å². The Kier molecular flexibility index (Phi) is 8.67. The molecule has 0 spiro atoms. The fourth-order valence-corrected chi connectivity index (χ4v) is 5.40. The smallest absolute Gasteiger partial charge is 0.342 e. The first-order chi connectivity index (χ1) is 20.5. The summed E-state index contributed by atoms with van der Waals surface area (Å²) in [6, 6.07) is 9.53. The molecule has 2 aliphatic rings. The number of carbonyl (C=O) groups excluding carboxylic acids is 3. The van der Waals surface area contributed by atoms with E-state index in [-0.39, 0.29) is 30.9 Å². The molecular formula is C31H36FN5O6. The first kappa shape index (κ1) is 30.0. The van der Waals surface area contributed by atoms with Gasteiger partial charge in [-0.05, 0) is 68.0 Å². The van der Waals surface area contributed by atoms with Crippen molar-refractivity contribution in [3.63, 3.8) is 0 Å². The summed E-state index contributed by atoms with van der Waals surface area (Å²) in [5, 5.41) is 17.0. The molecule has 2 aromatic carbocycles. The molecular weight excluding hydrogens is 557 g/mol. The number of fused-ring (bicyclic) bond motifs is 1. The number of amides is 3. The Morgan fingerprint density at radius 1 is 1.16 bits per heavy atom. The predicted octanol–water partition coefficient (Wildman–Crippen LogP) is 2.98. The van der Waals surface area contributed by atoms with E-state index in [1.807, 2.05) is 0 Å². The number of hydrogen-bond acceptors (Lipinski definition) is 7. The molecule has 0 bridgehead atoms. The molecule has 2 aliphatic heterocycles. The van der Waals surface area contributed by atoms with E-state index in [9.17, 15) is 23.9 Å². The zero-order valence-corrected chi connectivity index (χ0v) is 24.5. The van der Waals surface area contributed by atoms with E-state index >= 15 is 0 Å². The topological polar surface area (TPSA) is 126 Å². The van der Waals surface area contributed by atoms with Gasteiger partial charge in [-0.15, -0.1) is 0 Å². The third-order valence-electron chi connectivity index (χ3n) is 7.97. The number of likely N-dealkylation sites (N-methyl/N-ethyl adjacent to an activating group) is 1. The summed E-state index contributed by atoms with van der Waals surface area (Å²) >= 11 is 0. The standard InChI is InChI=1S/C31H36FN5O6/c1-31(2,41)22-9-11-36(12-10-22)28(38)19-42-24-7-8-27-26(15-24)35(3)29(39)25(18-43-27)34-30(40)37-17-21(16-33-37)13-20-5-4-6-23(32)14-20/h4-8,14-17,22,25,41H,9-13,18-19H2,1-3H3,(H,34,40)/t25-/m0/s1. The van der Waals surface area contributed by atoms with Gasteiger partial charge in [-0.3, -0.25) is 9.59 Å². The van der Waals surface area contributed by atoms with E-state index in [1.54, 1.807) is 56.1 Å². The maximum atomic E-state index is 13.5. The van der Waals surface area contributed by atoms with Gasteiger partial charge < -0.3 is 29.7 Å². The van der Waals surface area contributed by atoms with Crippen LogP contribution in [0.3, 0.4) is 0 Å². The Morgan fingerprint density at radius 2 is 1.93 bits per heavy atom. The van der Waals surface area contributed by atoms with Gasteiger partial charge in [0.2, 0.25) is 0 Å². The molecule has 1 saturated heterocycles. The van der Waals surface area contributed by atoms with Crippen molar-refractivity contribution in [3.05, 3.63) is 71.8 Å². The number of aliphatic hydroxyl groups is 1. The fraction of sp³-hybridized carbons (Fsp3) is 0.419. The van der Waals surface area contributed by atoms with Crippen LogP contribution in [0.25, 0.3) is 0 Å². The summed E-state index contributed by atoms with van der Waals surface area (Å²) in [6.07, 6.45) is 4.90. The highest BCUT2D eigenvalue weighted by Gasteiger charge is 2.33. The summed E-state index contributed by atoms with van der Waals surface area (Å²) in [5.74, 6) is 0.0779. The number of likely N-dealkylation sites (tertiary alicyclic amines) is 1. The van der Waals surface area contributed by atoms with Crippen LogP contribution in [0.1, 0.15) is 37.8 Å². The summed E-state index contributed by atoms with van der Waals surface area (Å²) in [6.45, 7) is 4.46. The van der Waals surface area contributed by atoms with Gasteiger partial charge in [0, 0.05) is 38.8 Å². The Bertz CT molecular complexity index is 1490. The van der Waals surface area contributed by atoms with Crippen molar-refractivity contribution in [1.82, 2.24) is 20.0 Å². The van der Waals surface area contributed by atoms with Crippen LogP contribution in [0.2, 0.25) is 0 Å². The van der Waals surface area contributed by atoms with Gasteiger partial charge in [0.15, 0.2) is 6.61 Å². The number of piperidine rings is 1. The number of hydrogen-bond donors (Lipinski definition) is 2. The molecule has 43 heavy (non-hydrogen) atoms. The van der Waals surface area contributed by atoms with Crippen LogP contribution in [-0.4, -0.2) is 82.6 Å². The number of halogens is 1. The molecule has 1 atom stereocenters. The number of benzene rings is 2. The highest BCUT2D eigenvalue weighted by molar-refractivity contribution is 6.00. The quantitative estimate of drug-likeness (QED) is 0.431. The zero-order chi connectivity index (χ0) is 30.7. The highest BCUT2D eigenvalue weighted by atomic mass is 19.1. The van der Waals surface area contributed by atoms with Gasteiger partial charge in [0.05, 0.1) is 17.5 Å². The molecule has 12 heteroatoms. The molecule has 0 radical (unpaired) electrons. The number of anilines is 1. The first-order valence-corrected chi connectivity index (χ1v) is 14.2. The molecule has 3 aromatic rings. The lowest BCUT2D eigenvalue weighted by Crippen LogP contribution is -2.50. The summed E-state index contributed by atoms with van der Waals surface area (Å²) < 4.78 is 26.2. The molecule has 0 unspecified atom stereocenters. The van der Waals surface area contributed by atoms with Crippen molar-refractivity contribution in [1.29, 1.82) is 0 Å². The minimum Gasteiger partial charge on any atom is -0.489 e. The number of ether oxygens (including phenoxy) is 2. The lowest BCUT2D eigenvalue weighted by Gasteiger charge is -2.37. The van der Waals surface area contributed by atoms with Crippen molar-refractivity contribution in [2.75, 3.05) is 38.3 Å². The molecule has 3 amide bonds. The lowest BCUT2D eigenvalue weighted by atomic mass is 9.83. The average Bonchev–Trinajstić information content (AvgIpc) is 3.41. The fourth-order valence-electron chi connectivity index (χ4n) is 5.40. The molecule has 2 N–H and O–H groups in total. The van der Waals surface area contributed by atoms with Crippen molar-refractivity contribution < 1.29 is 33.4 Å². The van der Waals surface area contributed by atoms with Crippen LogP contribution in [0, 0.1) is 11.7 Å². The van der Waals surface area contributed by atoms with Gasteiger partial charge >= 0.3 is 6.03 Å². The molecule has 228 valence electrons.